The summed E-state index contributed by atoms with van der Waals surface area (Å²) in [4.78, 5) is 0. The Morgan fingerprint density at radius 2 is 2.16 bits per heavy atom. The zero-order valence-electron chi connectivity index (χ0n) is 12.4. The first-order valence-electron chi connectivity index (χ1n) is 7.73. The molecule has 0 saturated heterocycles. The summed E-state index contributed by atoms with van der Waals surface area (Å²) in [7, 11) is 2.04. The molecular formula is C16H27N3. The van der Waals surface area contributed by atoms with Crippen LogP contribution < -0.4 is 5.32 Å². The first kappa shape index (κ1) is 14.3. The molecule has 1 aromatic rings. The van der Waals surface area contributed by atoms with E-state index in [0.29, 0.717) is 6.04 Å². The van der Waals surface area contributed by atoms with Crippen LogP contribution in [0, 0.1) is 0 Å². The fourth-order valence-corrected chi connectivity index (χ4v) is 2.86. The molecule has 1 aromatic heterocycles. The van der Waals surface area contributed by atoms with Crippen molar-refractivity contribution >= 4 is 0 Å². The van der Waals surface area contributed by atoms with Gasteiger partial charge in [-0.3, -0.25) is 4.68 Å². The van der Waals surface area contributed by atoms with Crippen LogP contribution in [0.2, 0.25) is 0 Å². The number of rotatable bonds is 5. The molecule has 0 spiro atoms. The van der Waals surface area contributed by atoms with Gasteiger partial charge in [-0.05, 0) is 44.7 Å². The molecule has 1 atom stereocenters. The SMILES string of the molecule is CCCNC(C1=CCCCCCC1)c1ccnn1C. The van der Waals surface area contributed by atoms with Gasteiger partial charge in [0.15, 0.2) is 0 Å². The summed E-state index contributed by atoms with van der Waals surface area (Å²) >= 11 is 0. The third-order valence-electron chi connectivity index (χ3n) is 3.95. The van der Waals surface area contributed by atoms with Gasteiger partial charge in [-0.1, -0.05) is 31.4 Å². The van der Waals surface area contributed by atoms with Crippen LogP contribution in [0.15, 0.2) is 23.9 Å². The summed E-state index contributed by atoms with van der Waals surface area (Å²) in [5.41, 5.74) is 2.86. The number of nitrogens with one attached hydrogen (secondary N) is 1. The molecule has 0 amide bonds. The number of hydrogen-bond acceptors (Lipinski definition) is 2. The van der Waals surface area contributed by atoms with Gasteiger partial charge in [0.1, 0.15) is 0 Å². The molecule has 1 N–H and O–H groups in total. The minimum absolute atomic E-state index is 0.352. The van der Waals surface area contributed by atoms with E-state index >= 15 is 0 Å². The predicted octanol–water partition coefficient (Wildman–Crippen LogP) is 3.74. The molecule has 1 aliphatic carbocycles. The molecule has 0 saturated carbocycles. The summed E-state index contributed by atoms with van der Waals surface area (Å²) in [6, 6.07) is 2.50. The van der Waals surface area contributed by atoms with E-state index in [1.54, 1.807) is 5.57 Å². The van der Waals surface area contributed by atoms with Crippen molar-refractivity contribution in [2.75, 3.05) is 6.54 Å². The Bertz CT molecular complexity index is 406. The van der Waals surface area contributed by atoms with Gasteiger partial charge < -0.3 is 5.32 Å². The first-order valence-corrected chi connectivity index (χ1v) is 7.73. The Kier molecular flexibility index (Phi) is 5.64. The van der Waals surface area contributed by atoms with Crippen LogP contribution in [-0.2, 0) is 7.05 Å². The van der Waals surface area contributed by atoms with Gasteiger partial charge in [0.05, 0.1) is 11.7 Å². The lowest BCUT2D eigenvalue weighted by molar-refractivity contribution is 0.513. The standard InChI is InChI=1S/C16H27N3/c1-3-12-17-16(15-11-13-18-19(15)2)14-9-7-5-4-6-8-10-14/h9,11,13,16-17H,3-8,10,12H2,1-2H3. The van der Waals surface area contributed by atoms with Crippen LogP contribution in [-0.4, -0.2) is 16.3 Å². The second-order valence-corrected chi connectivity index (χ2v) is 5.50. The van der Waals surface area contributed by atoms with E-state index in [4.69, 9.17) is 0 Å². The van der Waals surface area contributed by atoms with Gasteiger partial charge in [0, 0.05) is 13.2 Å². The van der Waals surface area contributed by atoms with Crippen LogP contribution in [0.25, 0.3) is 0 Å². The Hall–Kier alpha value is -1.09. The highest BCUT2D eigenvalue weighted by molar-refractivity contribution is 5.22. The average molecular weight is 261 g/mol. The molecule has 0 aromatic carbocycles. The number of hydrogen-bond donors (Lipinski definition) is 1. The Morgan fingerprint density at radius 3 is 2.89 bits per heavy atom. The second-order valence-electron chi connectivity index (χ2n) is 5.50. The van der Waals surface area contributed by atoms with Gasteiger partial charge in [-0.25, -0.2) is 0 Å². The fourth-order valence-electron chi connectivity index (χ4n) is 2.86. The lowest BCUT2D eigenvalue weighted by Gasteiger charge is -2.23. The highest BCUT2D eigenvalue weighted by Crippen LogP contribution is 2.28. The Morgan fingerprint density at radius 1 is 1.32 bits per heavy atom. The maximum absolute atomic E-state index is 4.33. The van der Waals surface area contributed by atoms with Crippen molar-refractivity contribution in [3.8, 4) is 0 Å². The molecule has 1 unspecified atom stereocenters. The van der Waals surface area contributed by atoms with Crippen LogP contribution in [0.5, 0.6) is 0 Å². The van der Waals surface area contributed by atoms with E-state index in [1.165, 1.54) is 50.6 Å². The molecule has 2 rings (SSSR count). The third-order valence-corrected chi connectivity index (χ3v) is 3.95. The van der Waals surface area contributed by atoms with Crippen molar-refractivity contribution in [2.24, 2.45) is 7.05 Å². The van der Waals surface area contributed by atoms with Crippen molar-refractivity contribution < 1.29 is 0 Å². The van der Waals surface area contributed by atoms with E-state index in [0.717, 1.165) is 6.54 Å². The van der Waals surface area contributed by atoms with E-state index in [2.05, 4.69) is 29.5 Å². The smallest absolute Gasteiger partial charge is 0.0707 e. The van der Waals surface area contributed by atoms with E-state index < -0.39 is 0 Å². The molecule has 0 bridgehead atoms. The second kappa shape index (κ2) is 7.49. The minimum atomic E-state index is 0.352. The van der Waals surface area contributed by atoms with Crippen LogP contribution >= 0.6 is 0 Å². The quantitative estimate of drug-likeness (QED) is 0.818. The van der Waals surface area contributed by atoms with Crippen LogP contribution in [0.1, 0.15) is 63.6 Å². The van der Waals surface area contributed by atoms with Crippen LogP contribution in [0.4, 0.5) is 0 Å². The summed E-state index contributed by atoms with van der Waals surface area (Å²) in [5.74, 6) is 0. The normalized spacial score (nSPS) is 18.5. The summed E-state index contributed by atoms with van der Waals surface area (Å²) in [6.45, 7) is 3.28. The molecule has 1 heterocycles. The zero-order chi connectivity index (χ0) is 13.5. The maximum atomic E-state index is 4.33. The molecular weight excluding hydrogens is 234 g/mol. The fraction of sp³-hybridized carbons (Fsp3) is 0.688. The molecule has 0 aliphatic heterocycles. The van der Waals surface area contributed by atoms with E-state index in [9.17, 15) is 0 Å². The van der Waals surface area contributed by atoms with E-state index in [-0.39, 0.29) is 0 Å². The zero-order valence-corrected chi connectivity index (χ0v) is 12.4. The molecule has 3 heteroatoms. The summed E-state index contributed by atoms with van der Waals surface area (Å²) in [6.07, 6.45) is 13.4. The molecule has 19 heavy (non-hydrogen) atoms. The average Bonchev–Trinajstić information content (AvgIpc) is 2.78. The Labute approximate surface area is 117 Å². The first-order chi connectivity index (χ1) is 9.33. The molecule has 1 aliphatic rings. The molecule has 3 nitrogen and oxygen atoms in total. The Balaban J connectivity index is 2.18. The van der Waals surface area contributed by atoms with Gasteiger partial charge in [0.2, 0.25) is 0 Å². The number of aromatic nitrogens is 2. The topological polar surface area (TPSA) is 29.9 Å². The molecule has 106 valence electrons. The van der Waals surface area contributed by atoms with E-state index in [1.807, 2.05) is 17.9 Å². The summed E-state index contributed by atoms with van der Waals surface area (Å²) < 4.78 is 2.01. The van der Waals surface area contributed by atoms with Gasteiger partial charge in [-0.15, -0.1) is 0 Å². The van der Waals surface area contributed by atoms with Crippen LogP contribution in [0.3, 0.4) is 0 Å². The number of allylic oxidation sites excluding steroid dienone is 1. The highest BCUT2D eigenvalue weighted by atomic mass is 15.3. The number of aryl methyl sites for hydroxylation is 1. The monoisotopic (exact) mass is 261 g/mol. The van der Waals surface area contributed by atoms with Gasteiger partial charge in [-0.2, -0.15) is 5.10 Å². The maximum Gasteiger partial charge on any atom is 0.0707 e. The molecule has 0 fully saturated rings. The summed E-state index contributed by atoms with van der Waals surface area (Å²) in [5, 5.41) is 8.03. The van der Waals surface area contributed by atoms with Crippen molar-refractivity contribution in [1.82, 2.24) is 15.1 Å². The van der Waals surface area contributed by atoms with Crippen molar-refractivity contribution in [3.05, 3.63) is 29.6 Å². The third kappa shape index (κ3) is 3.93. The predicted molar refractivity (Wildman–Crippen MR) is 80.0 cm³/mol. The van der Waals surface area contributed by atoms with Crippen molar-refractivity contribution in [2.45, 2.75) is 57.9 Å². The van der Waals surface area contributed by atoms with Gasteiger partial charge in [0.25, 0.3) is 0 Å². The minimum Gasteiger partial charge on any atom is -0.305 e. The number of nitrogens with zero attached hydrogens (tertiary/aromatic N) is 2. The van der Waals surface area contributed by atoms with Crippen molar-refractivity contribution in [3.63, 3.8) is 0 Å². The van der Waals surface area contributed by atoms with Gasteiger partial charge >= 0.3 is 0 Å². The molecule has 0 radical (unpaired) electrons. The highest BCUT2D eigenvalue weighted by Gasteiger charge is 2.19. The lowest BCUT2D eigenvalue weighted by Crippen LogP contribution is -2.26. The van der Waals surface area contributed by atoms with Crippen molar-refractivity contribution in [1.29, 1.82) is 0 Å². The largest absolute Gasteiger partial charge is 0.305 e. The lowest BCUT2D eigenvalue weighted by atomic mass is 9.93.